The van der Waals surface area contributed by atoms with Crippen molar-refractivity contribution >= 4 is 0 Å². The largest absolute Gasteiger partial charge is 0.316 e. The highest BCUT2D eigenvalue weighted by Gasteiger charge is 2.27. The molecule has 2 rings (SSSR count). The Kier molecular flexibility index (Phi) is 4.83. The minimum Gasteiger partial charge on any atom is -0.316 e. The van der Waals surface area contributed by atoms with Gasteiger partial charge in [0.1, 0.15) is 0 Å². The van der Waals surface area contributed by atoms with E-state index in [4.69, 9.17) is 0 Å². The van der Waals surface area contributed by atoms with Crippen LogP contribution in [0.3, 0.4) is 0 Å². The first-order valence-corrected chi connectivity index (χ1v) is 7.23. The molecule has 2 aliphatic heterocycles. The number of hydrogen-bond acceptors (Lipinski definition) is 3. The summed E-state index contributed by atoms with van der Waals surface area (Å²) >= 11 is 0. The Bertz CT molecular complexity index is 222. The molecule has 1 N–H and O–H groups in total. The number of rotatable bonds is 4. The minimum atomic E-state index is 0.870. The van der Waals surface area contributed by atoms with Crippen LogP contribution in [0.4, 0.5) is 0 Å². The molecule has 0 aromatic heterocycles. The van der Waals surface area contributed by atoms with Crippen LogP contribution in [0.1, 0.15) is 19.8 Å². The van der Waals surface area contributed by atoms with Gasteiger partial charge in [0.2, 0.25) is 0 Å². The van der Waals surface area contributed by atoms with Gasteiger partial charge in [-0.05, 0) is 70.9 Å². The SMILES string of the molecule is CC1CNCC1CN1CCC(CN(C)C)CC1. The topological polar surface area (TPSA) is 18.5 Å². The van der Waals surface area contributed by atoms with Crippen LogP contribution in [0.2, 0.25) is 0 Å². The molecule has 2 heterocycles. The third kappa shape index (κ3) is 3.94. The summed E-state index contributed by atoms with van der Waals surface area (Å²) in [5.74, 6) is 2.69. The van der Waals surface area contributed by atoms with E-state index in [1.54, 1.807) is 0 Å². The van der Waals surface area contributed by atoms with Gasteiger partial charge in [0.05, 0.1) is 0 Å². The lowest BCUT2D eigenvalue weighted by Crippen LogP contribution is -2.40. The lowest BCUT2D eigenvalue weighted by molar-refractivity contribution is 0.139. The van der Waals surface area contributed by atoms with Crippen LogP contribution < -0.4 is 5.32 Å². The number of nitrogens with one attached hydrogen (secondary N) is 1. The van der Waals surface area contributed by atoms with Crippen LogP contribution in [-0.4, -0.2) is 63.2 Å². The van der Waals surface area contributed by atoms with Crippen molar-refractivity contribution in [2.75, 3.05) is 53.4 Å². The van der Waals surface area contributed by atoms with Crippen LogP contribution in [0.15, 0.2) is 0 Å². The monoisotopic (exact) mass is 239 g/mol. The first-order valence-electron chi connectivity index (χ1n) is 7.23. The molecular weight excluding hydrogens is 210 g/mol. The van der Waals surface area contributed by atoms with E-state index < -0.39 is 0 Å². The molecule has 0 radical (unpaired) electrons. The minimum absolute atomic E-state index is 0.870. The molecule has 0 spiro atoms. The highest BCUT2D eigenvalue weighted by Crippen LogP contribution is 2.22. The Hall–Kier alpha value is -0.120. The molecule has 3 nitrogen and oxygen atoms in total. The van der Waals surface area contributed by atoms with Gasteiger partial charge in [0, 0.05) is 13.1 Å². The Morgan fingerprint density at radius 2 is 1.88 bits per heavy atom. The first-order chi connectivity index (χ1) is 8.15. The van der Waals surface area contributed by atoms with E-state index in [0.29, 0.717) is 0 Å². The van der Waals surface area contributed by atoms with E-state index in [1.165, 1.54) is 52.1 Å². The molecule has 0 amide bonds. The Balaban J connectivity index is 1.68. The first kappa shape index (κ1) is 13.3. The molecular formula is C14H29N3. The third-order valence-electron chi connectivity index (χ3n) is 4.50. The molecule has 3 heteroatoms. The van der Waals surface area contributed by atoms with Gasteiger partial charge in [-0.15, -0.1) is 0 Å². The normalized spacial score (nSPS) is 32.5. The number of hydrogen-bond donors (Lipinski definition) is 1. The highest BCUT2D eigenvalue weighted by molar-refractivity contribution is 4.82. The van der Waals surface area contributed by atoms with Gasteiger partial charge in [0.15, 0.2) is 0 Å². The molecule has 0 aromatic carbocycles. The molecule has 0 aromatic rings. The van der Waals surface area contributed by atoms with Gasteiger partial charge < -0.3 is 15.1 Å². The molecule has 2 unspecified atom stereocenters. The zero-order chi connectivity index (χ0) is 12.3. The van der Waals surface area contributed by atoms with Gasteiger partial charge in [0.25, 0.3) is 0 Å². The third-order valence-corrected chi connectivity index (χ3v) is 4.50. The maximum Gasteiger partial charge on any atom is 0.00248 e. The van der Waals surface area contributed by atoms with E-state index in [2.05, 4.69) is 36.1 Å². The van der Waals surface area contributed by atoms with Crippen molar-refractivity contribution in [3.8, 4) is 0 Å². The lowest BCUT2D eigenvalue weighted by atomic mass is 9.93. The molecule has 2 fully saturated rings. The zero-order valence-electron chi connectivity index (χ0n) is 11.8. The smallest absolute Gasteiger partial charge is 0.00248 e. The fraction of sp³-hybridized carbons (Fsp3) is 1.00. The van der Waals surface area contributed by atoms with Crippen LogP contribution in [0.25, 0.3) is 0 Å². The summed E-state index contributed by atoms with van der Waals surface area (Å²) in [4.78, 5) is 5.03. The van der Waals surface area contributed by atoms with E-state index in [-0.39, 0.29) is 0 Å². The fourth-order valence-electron chi connectivity index (χ4n) is 3.31. The number of piperidine rings is 1. The van der Waals surface area contributed by atoms with Crippen LogP contribution >= 0.6 is 0 Å². The molecule has 17 heavy (non-hydrogen) atoms. The van der Waals surface area contributed by atoms with E-state index in [0.717, 1.165) is 17.8 Å². The zero-order valence-corrected chi connectivity index (χ0v) is 11.8. The summed E-state index contributed by atoms with van der Waals surface area (Å²) < 4.78 is 0. The molecule has 2 aliphatic rings. The Labute approximate surface area is 107 Å². The quantitative estimate of drug-likeness (QED) is 0.793. The van der Waals surface area contributed by atoms with Crippen molar-refractivity contribution in [3.63, 3.8) is 0 Å². The lowest BCUT2D eigenvalue weighted by Gasteiger charge is -2.35. The van der Waals surface area contributed by atoms with Crippen LogP contribution in [-0.2, 0) is 0 Å². The van der Waals surface area contributed by atoms with E-state index in [9.17, 15) is 0 Å². The molecule has 2 saturated heterocycles. The second-order valence-electron chi connectivity index (χ2n) is 6.40. The van der Waals surface area contributed by atoms with Crippen molar-refractivity contribution in [1.82, 2.24) is 15.1 Å². The summed E-state index contributed by atoms with van der Waals surface area (Å²) in [6.45, 7) is 10.1. The van der Waals surface area contributed by atoms with Crippen molar-refractivity contribution in [2.45, 2.75) is 19.8 Å². The second-order valence-corrected chi connectivity index (χ2v) is 6.40. The maximum absolute atomic E-state index is 3.51. The van der Waals surface area contributed by atoms with Crippen LogP contribution in [0, 0.1) is 17.8 Å². The summed E-state index contributed by atoms with van der Waals surface area (Å²) in [5.41, 5.74) is 0. The second kappa shape index (κ2) is 6.17. The number of nitrogens with zero attached hydrogens (tertiary/aromatic N) is 2. The number of likely N-dealkylation sites (tertiary alicyclic amines) is 1. The standard InChI is InChI=1S/C14H29N3/c1-12-8-15-9-14(12)11-17-6-4-13(5-7-17)10-16(2)3/h12-15H,4-11H2,1-3H3. The summed E-state index contributed by atoms with van der Waals surface area (Å²) in [6.07, 6.45) is 2.79. The Morgan fingerprint density at radius 3 is 2.41 bits per heavy atom. The van der Waals surface area contributed by atoms with Crippen molar-refractivity contribution in [2.24, 2.45) is 17.8 Å². The van der Waals surface area contributed by atoms with Gasteiger partial charge in [-0.25, -0.2) is 0 Å². The molecule has 100 valence electrons. The van der Waals surface area contributed by atoms with Gasteiger partial charge in [-0.3, -0.25) is 0 Å². The molecule has 2 atom stereocenters. The van der Waals surface area contributed by atoms with Gasteiger partial charge in [-0.1, -0.05) is 6.92 Å². The van der Waals surface area contributed by atoms with Crippen LogP contribution in [0.5, 0.6) is 0 Å². The fourth-order valence-corrected chi connectivity index (χ4v) is 3.31. The van der Waals surface area contributed by atoms with E-state index >= 15 is 0 Å². The molecule has 0 bridgehead atoms. The predicted octanol–water partition coefficient (Wildman–Crippen LogP) is 1.12. The Morgan fingerprint density at radius 1 is 1.18 bits per heavy atom. The van der Waals surface area contributed by atoms with Crippen molar-refractivity contribution in [3.05, 3.63) is 0 Å². The molecule has 0 aliphatic carbocycles. The van der Waals surface area contributed by atoms with Crippen molar-refractivity contribution in [1.29, 1.82) is 0 Å². The molecule has 0 saturated carbocycles. The predicted molar refractivity (Wildman–Crippen MR) is 73.2 cm³/mol. The summed E-state index contributed by atoms with van der Waals surface area (Å²) in [6, 6.07) is 0. The van der Waals surface area contributed by atoms with Crippen molar-refractivity contribution < 1.29 is 0 Å². The summed E-state index contributed by atoms with van der Waals surface area (Å²) in [5, 5.41) is 3.51. The van der Waals surface area contributed by atoms with Gasteiger partial charge >= 0.3 is 0 Å². The van der Waals surface area contributed by atoms with Gasteiger partial charge in [-0.2, -0.15) is 0 Å². The highest BCUT2D eigenvalue weighted by atomic mass is 15.1. The average molecular weight is 239 g/mol. The van der Waals surface area contributed by atoms with E-state index in [1.807, 2.05) is 0 Å². The maximum atomic E-state index is 3.51. The summed E-state index contributed by atoms with van der Waals surface area (Å²) in [7, 11) is 4.39. The average Bonchev–Trinajstić information content (AvgIpc) is 2.67.